The summed E-state index contributed by atoms with van der Waals surface area (Å²) in [5, 5.41) is 0. The van der Waals surface area contributed by atoms with Crippen molar-refractivity contribution in [3.63, 3.8) is 0 Å². The number of carbonyl (C=O) groups is 1. The zero-order valence-corrected chi connectivity index (χ0v) is 8.93. The van der Waals surface area contributed by atoms with Crippen LogP contribution in [0.15, 0.2) is 18.2 Å². The fourth-order valence-electron chi connectivity index (χ4n) is 1.37. The SMILES string of the molecule is CC(C)c1ccc(C(N)=O)c(C(F)(F)F)c1. The van der Waals surface area contributed by atoms with Gasteiger partial charge in [-0.3, -0.25) is 4.79 Å². The molecule has 0 spiro atoms. The standard InChI is InChI=1S/C11H12F3NO/c1-6(2)7-3-4-8(10(15)16)9(5-7)11(12,13)14/h3-6H,1-2H3,(H2,15,16). The summed E-state index contributed by atoms with van der Waals surface area (Å²) in [4.78, 5) is 10.9. The smallest absolute Gasteiger partial charge is 0.366 e. The first-order valence-corrected chi connectivity index (χ1v) is 4.74. The Morgan fingerprint density at radius 2 is 1.88 bits per heavy atom. The van der Waals surface area contributed by atoms with E-state index in [2.05, 4.69) is 0 Å². The number of primary amides is 1. The van der Waals surface area contributed by atoms with E-state index < -0.39 is 23.2 Å². The van der Waals surface area contributed by atoms with Crippen molar-refractivity contribution < 1.29 is 18.0 Å². The lowest BCUT2D eigenvalue weighted by Crippen LogP contribution is -2.19. The lowest BCUT2D eigenvalue weighted by molar-refractivity contribution is -0.138. The van der Waals surface area contributed by atoms with Crippen molar-refractivity contribution in [2.24, 2.45) is 5.73 Å². The number of carbonyl (C=O) groups excluding carboxylic acids is 1. The molecule has 16 heavy (non-hydrogen) atoms. The highest BCUT2D eigenvalue weighted by molar-refractivity contribution is 5.94. The minimum Gasteiger partial charge on any atom is -0.366 e. The van der Waals surface area contributed by atoms with Crippen LogP contribution in [0.5, 0.6) is 0 Å². The maximum atomic E-state index is 12.6. The van der Waals surface area contributed by atoms with E-state index in [4.69, 9.17) is 5.73 Å². The van der Waals surface area contributed by atoms with Crippen molar-refractivity contribution >= 4 is 5.91 Å². The zero-order valence-electron chi connectivity index (χ0n) is 8.93. The maximum Gasteiger partial charge on any atom is 0.417 e. The number of hydrogen-bond acceptors (Lipinski definition) is 1. The molecule has 0 atom stereocenters. The summed E-state index contributed by atoms with van der Waals surface area (Å²) in [6, 6.07) is 3.59. The topological polar surface area (TPSA) is 43.1 Å². The molecule has 0 aliphatic rings. The number of alkyl halides is 3. The Morgan fingerprint density at radius 3 is 2.25 bits per heavy atom. The van der Waals surface area contributed by atoms with Crippen LogP contribution in [0.4, 0.5) is 13.2 Å². The average molecular weight is 231 g/mol. The Bertz CT molecular complexity index is 410. The van der Waals surface area contributed by atoms with Crippen molar-refractivity contribution in [1.29, 1.82) is 0 Å². The second-order valence-corrected chi connectivity index (χ2v) is 3.82. The van der Waals surface area contributed by atoms with Gasteiger partial charge < -0.3 is 5.73 Å². The summed E-state index contributed by atoms with van der Waals surface area (Å²) < 4.78 is 37.9. The molecule has 2 N–H and O–H groups in total. The van der Waals surface area contributed by atoms with Crippen LogP contribution in [0, 0.1) is 0 Å². The molecule has 1 aromatic rings. The van der Waals surface area contributed by atoms with Gasteiger partial charge in [0.25, 0.3) is 0 Å². The number of rotatable bonds is 2. The van der Waals surface area contributed by atoms with Gasteiger partial charge in [-0.1, -0.05) is 19.9 Å². The third-order valence-electron chi connectivity index (χ3n) is 2.28. The fourth-order valence-corrected chi connectivity index (χ4v) is 1.37. The first kappa shape index (κ1) is 12.5. The van der Waals surface area contributed by atoms with Crippen LogP contribution < -0.4 is 5.73 Å². The molecule has 0 radical (unpaired) electrons. The number of hydrogen-bond donors (Lipinski definition) is 1. The van der Waals surface area contributed by atoms with Crippen LogP contribution in [0.2, 0.25) is 0 Å². The molecule has 0 unspecified atom stereocenters. The molecule has 0 heterocycles. The van der Waals surface area contributed by atoms with Gasteiger partial charge in [-0.05, 0) is 23.6 Å². The Kier molecular flexibility index (Phi) is 3.26. The van der Waals surface area contributed by atoms with Gasteiger partial charge in [0.05, 0.1) is 11.1 Å². The minimum absolute atomic E-state index is 0.0389. The Hall–Kier alpha value is -1.52. The summed E-state index contributed by atoms with van der Waals surface area (Å²) in [6.07, 6.45) is -4.56. The van der Waals surface area contributed by atoms with Crippen LogP contribution in [0.25, 0.3) is 0 Å². The van der Waals surface area contributed by atoms with Gasteiger partial charge in [-0.2, -0.15) is 13.2 Å². The molecular formula is C11H12F3NO. The molecule has 0 aliphatic carbocycles. The molecule has 5 heteroatoms. The molecule has 2 nitrogen and oxygen atoms in total. The first-order valence-electron chi connectivity index (χ1n) is 4.74. The largest absolute Gasteiger partial charge is 0.417 e. The van der Waals surface area contributed by atoms with Crippen molar-refractivity contribution in [2.75, 3.05) is 0 Å². The summed E-state index contributed by atoms with van der Waals surface area (Å²) in [6.45, 7) is 3.55. The van der Waals surface area contributed by atoms with Crippen molar-refractivity contribution in [3.05, 3.63) is 34.9 Å². The predicted molar refractivity (Wildman–Crippen MR) is 54.1 cm³/mol. The van der Waals surface area contributed by atoms with Crippen molar-refractivity contribution in [1.82, 2.24) is 0 Å². The van der Waals surface area contributed by atoms with Gasteiger partial charge in [0, 0.05) is 0 Å². The normalized spacial score (nSPS) is 11.9. The Balaban J connectivity index is 3.39. The van der Waals surface area contributed by atoms with E-state index >= 15 is 0 Å². The monoisotopic (exact) mass is 231 g/mol. The highest BCUT2D eigenvalue weighted by atomic mass is 19.4. The quantitative estimate of drug-likeness (QED) is 0.835. The van der Waals surface area contributed by atoms with Crippen LogP contribution in [0.3, 0.4) is 0 Å². The van der Waals surface area contributed by atoms with E-state index in [1.807, 2.05) is 0 Å². The van der Waals surface area contributed by atoms with E-state index in [1.54, 1.807) is 13.8 Å². The van der Waals surface area contributed by atoms with Gasteiger partial charge >= 0.3 is 6.18 Å². The molecule has 1 amide bonds. The predicted octanol–water partition coefficient (Wildman–Crippen LogP) is 2.93. The lowest BCUT2D eigenvalue weighted by Gasteiger charge is -2.14. The molecule has 0 saturated heterocycles. The van der Waals surface area contributed by atoms with E-state index in [-0.39, 0.29) is 5.92 Å². The van der Waals surface area contributed by atoms with Gasteiger partial charge in [-0.15, -0.1) is 0 Å². The highest BCUT2D eigenvalue weighted by Crippen LogP contribution is 2.33. The molecule has 0 fully saturated rings. The first-order chi connectivity index (χ1) is 7.23. The molecule has 0 aliphatic heterocycles. The fraction of sp³-hybridized carbons (Fsp3) is 0.364. The Labute approximate surface area is 91.3 Å². The van der Waals surface area contributed by atoms with E-state index in [0.717, 1.165) is 12.1 Å². The molecule has 0 aromatic heterocycles. The van der Waals surface area contributed by atoms with Crippen molar-refractivity contribution in [3.8, 4) is 0 Å². The highest BCUT2D eigenvalue weighted by Gasteiger charge is 2.35. The second-order valence-electron chi connectivity index (χ2n) is 3.82. The van der Waals surface area contributed by atoms with Crippen LogP contribution in [0.1, 0.15) is 41.3 Å². The Morgan fingerprint density at radius 1 is 1.31 bits per heavy atom. The average Bonchev–Trinajstić information content (AvgIpc) is 2.15. The van der Waals surface area contributed by atoms with Crippen LogP contribution in [-0.4, -0.2) is 5.91 Å². The van der Waals surface area contributed by atoms with E-state index in [9.17, 15) is 18.0 Å². The number of amides is 1. The van der Waals surface area contributed by atoms with Gasteiger partial charge in [0.15, 0.2) is 0 Å². The lowest BCUT2D eigenvalue weighted by atomic mass is 9.97. The third-order valence-corrected chi connectivity index (χ3v) is 2.28. The molecular weight excluding hydrogens is 219 g/mol. The summed E-state index contributed by atoms with van der Waals surface area (Å²) in [5.41, 5.74) is 3.97. The molecule has 0 saturated carbocycles. The van der Waals surface area contributed by atoms with E-state index in [0.29, 0.717) is 5.56 Å². The second kappa shape index (κ2) is 4.15. The molecule has 88 valence electrons. The molecule has 1 rings (SSSR count). The van der Waals surface area contributed by atoms with Gasteiger partial charge in [-0.25, -0.2) is 0 Å². The zero-order chi connectivity index (χ0) is 12.5. The third kappa shape index (κ3) is 2.53. The summed E-state index contributed by atoms with van der Waals surface area (Å²) >= 11 is 0. The maximum absolute atomic E-state index is 12.6. The van der Waals surface area contributed by atoms with Crippen LogP contribution in [-0.2, 0) is 6.18 Å². The van der Waals surface area contributed by atoms with E-state index in [1.165, 1.54) is 6.07 Å². The van der Waals surface area contributed by atoms with Crippen molar-refractivity contribution in [2.45, 2.75) is 25.9 Å². The molecule has 1 aromatic carbocycles. The van der Waals surface area contributed by atoms with Crippen LogP contribution >= 0.6 is 0 Å². The number of benzene rings is 1. The summed E-state index contributed by atoms with van der Waals surface area (Å²) in [7, 11) is 0. The number of nitrogens with two attached hydrogens (primary N) is 1. The van der Waals surface area contributed by atoms with Gasteiger partial charge in [0.1, 0.15) is 0 Å². The number of halogens is 3. The minimum atomic E-state index is -4.56. The summed E-state index contributed by atoms with van der Waals surface area (Å²) in [5.74, 6) is -1.11. The molecule has 0 bridgehead atoms. The van der Waals surface area contributed by atoms with Gasteiger partial charge in [0.2, 0.25) is 5.91 Å².